The summed E-state index contributed by atoms with van der Waals surface area (Å²) in [5, 5.41) is 0. The fraction of sp³-hybridized carbons (Fsp3) is 0.821. The maximum Gasteiger partial charge on any atom is 0.305 e. The van der Waals surface area contributed by atoms with E-state index in [2.05, 4.69) is 42.9 Å². The van der Waals surface area contributed by atoms with Gasteiger partial charge in [0, 0.05) is 6.42 Å². The first-order valence-corrected chi connectivity index (χ1v) is 13.0. The zero-order chi connectivity index (χ0) is 21.9. The van der Waals surface area contributed by atoms with E-state index < -0.39 is 0 Å². The molecule has 0 saturated carbocycles. The van der Waals surface area contributed by atoms with Crippen LogP contribution in [0.5, 0.6) is 0 Å². The van der Waals surface area contributed by atoms with Gasteiger partial charge in [-0.2, -0.15) is 0 Å². The van der Waals surface area contributed by atoms with Gasteiger partial charge in [-0.05, 0) is 24.2 Å². The van der Waals surface area contributed by atoms with Gasteiger partial charge in [0.25, 0.3) is 0 Å². The van der Waals surface area contributed by atoms with E-state index in [0.29, 0.717) is 17.8 Å². The van der Waals surface area contributed by atoms with Crippen molar-refractivity contribution < 1.29 is 9.53 Å². The fourth-order valence-corrected chi connectivity index (χ4v) is 4.54. The minimum Gasteiger partial charge on any atom is -0.469 e. The first-order valence-electron chi connectivity index (χ1n) is 13.0. The van der Waals surface area contributed by atoms with Gasteiger partial charge < -0.3 is 4.74 Å². The second kappa shape index (κ2) is 17.6. The minimum atomic E-state index is -0.0655. The Hall–Kier alpha value is -1.05. The molecule has 0 radical (unpaired) electrons. The van der Waals surface area contributed by atoms with Crippen molar-refractivity contribution in [2.75, 3.05) is 7.11 Å². The average molecular weight is 419 g/mol. The van der Waals surface area contributed by atoms with Gasteiger partial charge in [0.05, 0.1) is 7.11 Å². The summed E-state index contributed by atoms with van der Waals surface area (Å²) >= 11 is 0. The molecule has 0 spiro atoms. The van der Waals surface area contributed by atoms with Crippen LogP contribution < -0.4 is 0 Å². The Morgan fingerprint density at radius 1 is 0.733 bits per heavy atom. The number of methoxy groups -OCH3 is 1. The molecule has 0 aromatic rings. The van der Waals surface area contributed by atoms with Crippen molar-refractivity contribution in [2.45, 2.75) is 129 Å². The molecule has 2 nitrogen and oxygen atoms in total. The number of unbranched alkanes of at least 4 members (excludes halogenated alkanes) is 15. The summed E-state index contributed by atoms with van der Waals surface area (Å²) in [5.41, 5.74) is 0.388. The third-order valence-corrected chi connectivity index (χ3v) is 7.10. The second-order valence-electron chi connectivity index (χ2n) is 9.77. The summed E-state index contributed by atoms with van der Waals surface area (Å²) in [4.78, 5) is 11.0. The maximum absolute atomic E-state index is 11.0. The quantitative estimate of drug-likeness (QED) is 0.154. The number of hydrogen-bond acceptors (Lipinski definition) is 2. The van der Waals surface area contributed by atoms with Gasteiger partial charge >= 0.3 is 5.97 Å². The molecule has 0 N–H and O–H groups in total. The molecule has 0 heterocycles. The normalized spacial score (nSPS) is 20.6. The zero-order valence-electron chi connectivity index (χ0n) is 20.4. The fourth-order valence-electron chi connectivity index (χ4n) is 4.54. The lowest BCUT2D eigenvalue weighted by Gasteiger charge is -2.33. The van der Waals surface area contributed by atoms with Gasteiger partial charge in [0.2, 0.25) is 0 Å². The first-order chi connectivity index (χ1) is 14.6. The van der Waals surface area contributed by atoms with Crippen LogP contribution in [0.1, 0.15) is 129 Å². The van der Waals surface area contributed by atoms with Crippen LogP contribution in [-0.2, 0) is 9.53 Å². The van der Waals surface area contributed by atoms with Gasteiger partial charge in [-0.1, -0.05) is 134 Å². The van der Waals surface area contributed by atoms with Crippen LogP contribution in [0.3, 0.4) is 0 Å². The third-order valence-electron chi connectivity index (χ3n) is 7.10. The number of rotatable bonds is 19. The highest BCUT2D eigenvalue weighted by molar-refractivity contribution is 5.68. The molecule has 1 aliphatic carbocycles. The van der Waals surface area contributed by atoms with E-state index in [1.807, 2.05) is 0 Å². The van der Waals surface area contributed by atoms with Gasteiger partial charge in [0.15, 0.2) is 0 Å². The van der Waals surface area contributed by atoms with Gasteiger partial charge in [-0.25, -0.2) is 0 Å². The number of carbonyl (C=O) groups excluding carboxylic acids is 1. The number of allylic oxidation sites excluding steroid dienone is 4. The Kier molecular flexibility index (Phi) is 15.8. The van der Waals surface area contributed by atoms with Crippen LogP contribution in [0.4, 0.5) is 0 Å². The van der Waals surface area contributed by atoms with Crippen molar-refractivity contribution in [1.29, 1.82) is 0 Å². The summed E-state index contributed by atoms with van der Waals surface area (Å²) < 4.78 is 4.66. The van der Waals surface area contributed by atoms with Crippen molar-refractivity contribution >= 4 is 5.97 Å². The third kappa shape index (κ3) is 13.3. The maximum atomic E-state index is 11.0. The largest absolute Gasteiger partial charge is 0.469 e. The number of esters is 1. The molecule has 0 aromatic carbocycles. The van der Waals surface area contributed by atoms with E-state index in [1.165, 1.54) is 110 Å². The average Bonchev–Trinajstić information content (AvgIpc) is 2.75. The lowest BCUT2D eigenvalue weighted by Crippen LogP contribution is -2.23. The van der Waals surface area contributed by atoms with Crippen molar-refractivity contribution in [1.82, 2.24) is 0 Å². The van der Waals surface area contributed by atoms with Crippen molar-refractivity contribution in [2.24, 2.45) is 11.3 Å². The molecule has 0 amide bonds. The summed E-state index contributed by atoms with van der Waals surface area (Å²) in [7, 11) is 1.47. The predicted molar refractivity (Wildman–Crippen MR) is 131 cm³/mol. The lowest BCUT2D eigenvalue weighted by atomic mass is 9.72. The van der Waals surface area contributed by atoms with Crippen LogP contribution in [0, 0.1) is 11.3 Å². The Bertz CT molecular complexity index is 479. The molecule has 2 heteroatoms. The molecule has 0 aliphatic heterocycles. The highest BCUT2D eigenvalue weighted by Crippen LogP contribution is 2.37. The van der Waals surface area contributed by atoms with Gasteiger partial charge in [-0.15, -0.1) is 0 Å². The van der Waals surface area contributed by atoms with Crippen molar-refractivity contribution in [3.63, 3.8) is 0 Å². The highest BCUT2D eigenvalue weighted by atomic mass is 16.5. The van der Waals surface area contributed by atoms with Gasteiger partial charge in [0.1, 0.15) is 0 Å². The molecule has 1 rings (SSSR count). The summed E-state index contributed by atoms with van der Waals surface area (Å²) in [6.45, 7) is 4.78. The van der Waals surface area contributed by atoms with Crippen LogP contribution in [0.25, 0.3) is 0 Å². The monoisotopic (exact) mass is 418 g/mol. The van der Waals surface area contributed by atoms with Crippen LogP contribution in [-0.4, -0.2) is 13.1 Å². The molecule has 0 fully saturated rings. The molecular weight excluding hydrogens is 368 g/mol. The number of hydrogen-bond donors (Lipinski definition) is 0. The minimum absolute atomic E-state index is 0.0655. The van der Waals surface area contributed by atoms with Gasteiger partial charge in [-0.3, -0.25) is 4.79 Å². The molecular formula is C28H50O2. The van der Waals surface area contributed by atoms with E-state index in [1.54, 1.807) is 0 Å². The standard InChI is InChI=1S/C28H50O2/c1-26-22-19-21-25-28(26,2)24-20-17-15-13-11-9-7-5-4-6-8-10-12-14-16-18-23-27(29)30-3/h19,21-22,25-26H,4-18,20,23-24H2,1-3H3. The molecule has 2 atom stereocenters. The predicted octanol–water partition coefficient (Wildman–Crippen LogP) is 8.95. The number of carbonyl (C=O) groups is 1. The molecule has 0 bridgehead atoms. The first kappa shape index (κ1) is 27.0. The Morgan fingerprint density at radius 3 is 1.60 bits per heavy atom. The number of ether oxygens (including phenoxy) is 1. The molecule has 0 aromatic heterocycles. The molecule has 0 saturated heterocycles. The van der Waals surface area contributed by atoms with Crippen LogP contribution >= 0.6 is 0 Å². The van der Waals surface area contributed by atoms with E-state index in [0.717, 1.165) is 6.42 Å². The SMILES string of the molecule is COC(=O)CCCCCCCCCCCCCCCCCCC1(C)C=CC=CC1C. The lowest BCUT2D eigenvalue weighted by molar-refractivity contribution is -0.140. The highest BCUT2D eigenvalue weighted by Gasteiger charge is 2.27. The van der Waals surface area contributed by atoms with E-state index in [9.17, 15) is 4.79 Å². The van der Waals surface area contributed by atoms with Crippen LogP contribution in [0.2, 0.25) is 0 Å². The molecule has 30 heavy (non-hydrogen) atoms. The van der Waals surface area contributed by atoms with Crippen molar-refractivity contribution in [3.05, 3.63) is 24.3 Å². The summed E-state index contributed by atoms with van der Waals surface area (Å²) in [5.74, 6) is 0.616. The molecule has 1 aliphatic rings. The second-order valence-corrected chi connectivity index (χ2v) is 9.77. The van der Waals surface area contributed by atoms with E-state index in [4.69, 9.17) is 0 Å². The Morgan fingerprint density at radius 2 is 1.17 bits per heavy atom. The zero-order valence-corrected chi connectivity index (χ0v) is 20.4. The smallest absolute Gasteiger partial charge is 0.305 e. The van der Waals surface area contributed by atoms with Crippen molar-refractivity contribution in [3.8, 4) is 0 Å². The molecule has 2 unspecified atom stereocenters. The molecule has 174 valence electrons. The van der Waals surface area contributed by atoms with E-state index >= 15 is 0 Å². The summed E-state index contributed by atoms with van der Waals surface area (Å²) in [6.07, 6.45) is 32.8. The topological polar surface area (TPSA) is 26.3 Å². The Labute approximate surface area is 187 Å². The van der Waals surface area contributed by atoms with E-state index in [-0.39, 0.29) is 5.97 Å². The Balaban J connectivity index is 1.75. The summed E-state index contributed by atoms with van der Waals surface area (Å²) in [6, 6.07) is 0. The van der Waals surface area contributed by atoms with Crippen LogP contribution in [0.15, 0.2) is 24.3 Å².